The number of anilines is 2. The van der Waals surface area contributed by atoms with Crippen LogP contribution in [-0.2, 0) is 16.1 Å². The molecule has 0 saturated carbocycles. The van der Waals surface area contributed by atoms with Crippen LogP contribution in [0.3, 0.4) is 0 Å². The van der Waals surface area contributed by atoms with E-state index in [1.165, 1.54) is 0 Å². The lowest BCUT2D eigenvalue weighted by atomic mass is 9.94. The number of nitrogens with zero attached hydrogens (tertiary/aromatic N) is 4. The highest BCUT2D eigenvalue weighted by Crippen LogP contribution is 2.29. The van der Waals surface area contributed by atoms with Gasteiger partial charge in [0.2, 0.25) is 0 Å². The van der Waals surface area contributed by atoms with Crippen LogP contribution < -0.4 is 10.2 Å². The van der Waals surface area contributed by atoms with Gasteiger partial charge in [0, 0.05) is 43.2 Å². The monoisotopic (exact) mass is 499 g/mol. The van der Waals surface area contributed by atoms with E-state index < -0.39 is 0 Å². The van der Waals surface area contributed by atoms with E-state index in [2.05, 4.69) is 56.3 Å². The lowest BCUT2D eigenvalue weighted by molar-refractivity contribution is -0.111. The summed E-state index contributed by atoms with van der Waals surface area (Å²) in [5, 5.41) is 3.07. The van der Waals surface area contributed by atoms with Crippen LogP contribution in [-0.4, -0.2) is 61.2 Å². The van der Waals surface area contributed by atoms with E-state index in [4.69, 9.17) is 4.74 Å². The molecule has 7 nitrogen and oxygen atoms in total. The highest BCUT2D eigenvalue weighted by atomic mass is 16.5. The summed E-state index contributed by atoms with van der Waals surface area (Å²) in [7, 11) is 4.09. The third-order valence-corrected chi connectivity index (χ3v) is 6.38. The molecule has 3 aromatic rings. The fraction of sp³-hybridized carbons (Fsp3) is 0.367. The van der Waals surface area contributed by atoms with Gasteiger partial charge in [-0.2, -0.15) is 0 Å². The normalized spacial score (nSPS) is 14.2. The molecule has 1 aliphatic rings. The van der Waals surface area contributed by atoms with E-state index >= 15 is 0 Å². The molecule has 37 heavy (non-hydrogen) atoms. The first-order valence-corrected chi connectivity index (χ1v) is 12.9. The Morgan fingerprint density at radius 2 is 1.89 bits per heavy atom. The molecule has 3 heterocycles. The first-order chi connectivity index (χ1) is 17.9. The van der Waals surface area contributed by atoms with Crippen molar-refractivity contribution in [2.75, 3.05) is 50.6 Å². The van der Waals surface area contributed by atoms with Gasteiger partial charge < -0.3 is 19.9 Å². The van der Waals surface area contributed by atoms with Crippen LogP contribution in [0.25, 0.3) is 16.7 Å². The van der Waals surface area contributed by atoms with Crippen molar-refractivity contribution in [2.24, 2.45) is 0 Å². The number of unbranched alkanes of at least 4 members (excludes halogenated alkanes) is 1. The Morgan fingerprint density at radius 1 is 1.08 bits per heavy atom. The molecule has 4 rings (SSSR count). The van der Waals surface area contributed by atoms with Crippen molar-refractivity contribution in [3.8, 4) is 11.1 Å². The van der Waals surface area contributed by atoms with E-state index in [1.807, 2.05) is 51.6 Å². The van der Waals surface area contributed by atoms with Crippen LogP contribution >= 0.6 is 0 Å². The minimum atomic E-state index is -0.130. The zero-order chi connectivity index (χ0) is 26.2. The molecule has 0 unspecified atom stereocenters. The molecule has 1 aromatic carbocycles. The van der Waals surface area contributed by atoms with Crippen molar-refractivity contribution in [3.05, 3.63) is 77.8 Å². The Bertz CT molecular complexity index is 1230. The van der Waals surface area contributed by atoms with Crippen LogP contribution in [0.5, 0.6) is 0 Å². The molecule has 0 spiro atoms. The number of benzene rings is 1. The number of aromatic nitrogens is 2. The van der Waals surface area contributed by atoms with Gasteiger partial charge in [0.25, 0.3) is 5.91 Å². The second-order valence-corrected chi connectivity index (χ2v) is 9.71. The highest BCUT2D eigenvalue weighted by molar-refractivity contribution is 6.25. The number of aryl methyl sites for hydroxylation is 1. The molecule has 2 aromatic heterocycles. The molecule has 1 fully saturated rings. The number of hydrogen-bond donors (Lipinski definition) is 1. The summed E-state index contributed by atoms with van der Waals surface area (Å²) < 4.78 is 5.43. The molecule has 0 aliphatic carbocycles. The van der Waals surface area contributed by atoms with Crippen molar-refractivity contribution in [3.63, 3.8) is 0 Å². The Kier molecular flexibility index (Phi) is 9.04. The van der Waals surface area contributed by atoms with Gasteiger partial charge in [0.05, 0.1) is 25.1 Å². The summed E-state index contributed by atoms with van der Waals surface area (Å²) in [6.07, 6.45) is 9.33. The Morgan fingerprint density at radius 3 is 2.59 bits per heavy atom. The Balaban J connectivity index is 1.58. The van der Waals surface area contributed by atoms with E-state index in [0.29, 0.717) is 24.5 Å². The maximum atomic E-state index is 13.5. The predicted molar refractivity (Wildman–Crippen MR) is 151 cm³/mol. The third kappa shape index (κ3) is 7.02. The molecular weight excluding hydrogens is 462 g/mol. The lowest BCUT2D eigenvalue weighted by Crippen LogP contribution is -2.36. The van der Waals surface area contributed by atoms with Gasteiger partial charge in [0.15, 0.2) is 0 Å². The number of ether oxygens (including phenoxy) is 1. The quantitative estimate of drug-likeness (QED) is 0.410. The predicted octanol–water partition coefficient (Wildman–Crippen LogP) is 5.17. The lowest BCUT2D eigenvalue weighted by Gasteiger charge is -2.27. The SMILES string of the molecule is CCC/C=C(/C(=O)Nc1ccc(N2CCOCC2)nc1)c1cc(-c2cncc(CN(C)C)c2)ccc1C. The van der Waals surface area contributed by atoms with Gasteiger partial charge >= 0.3 is 0 Å². The van der Waals surface area contributed by atoms with Gasteiger partial charge in [-0.1, -0.05) is 31.6 Å². The van der Waals surface area contributed by atoms with Crippen molar-refractivity contribution < 1.29 is 9.53 Å². The summed E-state index contributed by atoms with van der Waals surface area (Å²) >= 11 is 0. The fourth-order valence-electron chi connectivity index (χ4n) is 4.44. The van der Waals surface area contributed by atoms with E-state index in [0.717, 1.165) is 66.1 Å². The van der Waals surface area contributed by atoms with Gasteiger partial charge in [-0.25, -0.2) is 4.98 Å². The Hall–Kier alpha value is -3.55. The summed E-state index contributed by atoms with van der Waals surface area (Å²) in [4.78, 5) is 26.9. The summed E-state index contributed by atoms with van der Waals surface area (Å²) in [5.41, 5.74) is 6.57. The number of hydrogen-bond acceptors (Lipinski definition) is 6. The summed E-state index contributed by atoms with van der Waals surface area (Å²) in [5.74, 6) is 0.769. The molecule has 0 atom stereocenters. The summed E-state index contributed by atoms with van der Waals surface area (Å²) in [6, 6.07) is 12.3. The van der Waals surface area contributed by atoms with Crippen LogP contribution in [0.2, 0.25) is 0 Å². The molecule has 1 amide bonds. The molecule has 1 aliphatic heterocycles. The molecule has 1 N–H and O–H groups in total. The number of morpholine rings is 1. The number of carbonyl (C=O) groups excluding carboxylic acids is 1. The smallest absolute Gasteiger partial charge is 0.255 e. The molecule has 0 radical (unpaired) electrons. The number of nitrogens with one attached hydrogen (secondary N) is 1. The zero-order valence-corrected chi connectivity index (χ0v) is 22.3. The second-order valence-electron chi connectivity index (χ2n) is 9.71. The minimum absolute atomic E-state index is 0.130. The molecular formula is C30H37N5O2. The van der Waals surface area contributed by atoms with Crippen LogP contribution in [0.1, 0.15) is 36.5 Å². The van der Waals surface area contributed by atoms with Crippen molar-refractivity contribution >= 4 is 23.0 Å². The number of allylic oxidation sites excluding steroid dienone is 1. The first-order valence-electron chi connectivity index (χ1n) is 12.9. The van der Waals surface area contributed by atoms with E-state index in [9.17, 15) is 4.79 Å². The summed E-state index contributed by atoms with van der Waals surface area (Å²) in [6.45, 7) is 8.05. The zero-order valence-electron chi connectivity index (χ0n) is 22.3. The van der Waals surface area contributed by atoms with Crippen LogP contribution in [0.4, 0.5) is 11.5 Å². The largest absolute Gasteiger partial charge is 0.378 e. The third-order valence-electron chi connectivity index (χ3n) is 6.38. The van der Waals surface area contributed by atoms with E-state index in [1.54, 1.807) is 6.20 Å². The van der Waals surface area contributed by atoms with Crippen molar-refractivity contribution in [1.82, 2.24) is 14.9 Å². The molecule has 7 heteroatoms. The van der Waals surface area contributed by atoms with Gasteiger partial charge in [-0.3, -0.25) is 9.78 Å². The van der Waals surface area contributed by atoms with Crippen LogP contribution in [0.15, 0.2) is 61.1 Å². The number of pyridine rings is 2. The van der Waals surface area contributed by atoms with Crippen molar-refractivity contribution in [2.45, 2.75) is 33.2 Å². The first kappa shape index (κ1) is 26.5. The molecule has 194 valence electrons. The molecule has 1 saturated heterocycles. The standard InChI is InChI=1S/C30H37N5O2/c1-5-6-7-27(30(36)33-26-10-11-29(32-20-26)35-12-14-37-15-13-35)28-17-24(9-8-22(28)2)25-16-23(18-31-19-25)21-34(3)4/h7-11,16-20H,5-6,12-15,21H2,1-4H3,(H,33,36)/b27-7+. The molecule has 0 bridgehead atoms. The topological polar surface area (TPSA) is 70.6 Å². The average molecular weight is 500 g/mol. The van der Waals surface area contributed by atoms with E-state index in [-0.39, 0.29) is 5.91 Å². The maximum Gasteiger partial charge on any atom is 0.255 e. The average Bonchev–Trinajstić information content (AvgIpc) is 2.90. The number of amides is 1. The van der Waals surface area contributed by atoms with Gasteiger partial charge in [0.1, 0.15) is 5.82 Å². The maximum absolute atomic E-state index is 13.5. The number of rotatable bonds is 9. The van der Waals surface area contributed by atoms with Crippen molar-refractivity contribution in [1.29, 1.82) is 0 Å². The second kappa shape index (κ2) is 12.6. The fourth-order valence-corrected chi connectivity index (χ4v) is 4.44. The van der Waals surface area contributed by atoms with Crippen LogP contribution in [0, 0.1) is 6.92 Å². The minimum Gasteiger partial charge on any atom is -0.378 e. The number of carbonyl (C=O) groups is 1. The Labute approximate surface area is 220 Å². The highest BCUT2D eigenvalue weighted by Gasteiger charge is 2.17. The van der Waals surface area contributed by atoms with Gasteiger partial charge in [-0.15, -0.1) is 0 Å². The van der Waals surface area contributed by atoms with Gasteiger partial charge in [-0.05, 0) is 74.0 Å².